The van der Waals surface area contributed by atoms with Crippen LogP contribution in [0.1, 0.15) is 35.6 Å². The van der Waals surface area contributed by atoms with Crippen LogP contribution in [-0.4, -0.2) is 46.7 Å². The normalized spacial score (nSPS) is 19.6. The van der Waals surface area contributed by atoms with Crippen molar-refractivity contribution in [2.45, 2.75) is 38.3 Å². The van der Waals surface area contributed by atoms with E-state index in [9.17, 15) is 0 Å². The second-order valence-corrected chi connectivity index (χ2v) is 6.83. The van der Waals surface area contributed by atoms with Crippen molar-refractivity contribution in [1.29, 1.82) is 0 Å². The smallest absolute Gasteiger partial charge is 0.213 e. The van der Waals surface area contributed by atoms with E-state index >= 15 is 0 Å². The molecule has 0 N–H and O–H groups in total. The molecule has 2 aliphatic rings. The molecule has 0 aliphatic carbocycles. The first-order valence-electron chi connectivity index (χ1n) is 8.88. The topological polar surface area (TPSA) is 60.4 Å². The minimum absolute atomic E-state index is 0.237. The molecule has 0 saturated carbocycles. The Hall–Kier alpha value is -2.05. The minimum Gasteiger partial charge on any atom is -0.481 e. The zero-order chi connectivity index (χ0) is 17.3. The Morgan fingerprint density at radius 2 is 2.08 bits per heavy atom. The highest BCUT2D eigenvalue weighted by atomic mass is 16.5. The second-order valence-electron chi connectivity index (χ2n) is 6.83. The van der Waals surface area contributed by atoms with Gasteiger partial charge in [0.05, 0.1) is 25.1 Å². The summed E-state index contributed by atoms with van der Waals surface area (Å²) in [4.78, 5) is 16.0. The highest BCUT2D eigenvalue weighted by Crippen LogP contribution is 2.40. The van der Waals surface area contributed by atoms with Gasteiger partial charge in [0.25, 0.3) is 0 Å². The maximum absolute atomic E-state index is 6.27. The first-order valence-corrected chi connectivity index (χ1v) is 8.88. The molecule has 4 rings (SSSR count). The van der Waals surface area contributed by atoms with Crippen molar-refractivity contribution in [3.63, 3.8) is 0 Å². The quantitative estimate of drug-likeness (QED) is 0.854. The molecule has 2 aliphatic heterocycles. The Morgan fingerprint density at radius 1 is 1.24 bits per heavy atom. The molecule has 0 bridgehead atoms. The Bertz CT molecular complexity index is 757. The lowest BCUT2D eigenvalue weighted by molar-refractivity contribution is -0.102. The van der Waals surface area contributed by atoms with E-state index in [0.29, 0.717) is 5.88 Å². The van der Waals surface area contributed by atoms with E-state index in [1.165, 1.54) is 5.56 Å². The molecule has 132 valence electrons. The van der Waals surface area contributed by atoms with Crippen molar-refractivity contribution >= 4 is 0 Å². The molecule has 2 aromatic heterocycles. The van der Waals surface area contributed by atoms with E-state index in [4.69, 9.17) is 14.5 Å². The molecular weight excluding hydrogens is 316 g/mol. The van der Waals surface area contributed by atoms with Crippen LogP contribution in [0.3, 0.4) is 0 Å². The predicted octanol–water partition coefficient (Wildman–Crippen LogP) is 2.25. The molecule has 1 fully saturated rings. The standard InChI is InChI=1S/C19H24N4O2/c1-14-20-12-15-6-11-25-19(18(15)21-14)7-9-23(10-8-19)13-16-4-3-5-17(22-16)24-2/h3-5,12H,6-11,13H2,1-2H3. The Labute approximate surface area is 148 Å². The van der Waals surface area contributed by atoms with E-state index in [0.717, 1.165) is 62.7 Å². The molecule has 6 nitrogen and oxygen atoms in total. The van der Waals surface area contributed by atoms with Gasteiger partial charge in [-0.3, -0.25) is 4.90 Å². The van der Waals surface area contributed by atoms with Gasteiger partial charge >= 0.3 is 0 Å². The summed E-state index contributed by atoms with van der Waals surface area (Å²) in [6.45, 7) is 5.49. The number of methoxy groups -OCH3 is 1. The molecule has 0 amide bonds. The molecule has 4 heterocycles. The van der Waals surface area contributed by atoms with Crippen molar-refractivity contribution in [3.8, 4) is 5.88 Å². The second kappa shape index (κ2) is 6.69. The largest absolute Gasteiger partial charge is 0.481 e. The Balaban J connectivity index is 1.48. The van der Waals surface area contributed by atoms with E-state index in [2.05, 4.69) is 20.9 Å². The van der Waals surface area contributed by atoms with Gasteiger partial charge < -0.3 is 9.47 Å². The highest BCUT2D eigenvalue weighted by Gasteiger charge is 2.42. The van der Waals surface area contributed by atoms with Crippen LogP contribution in [0.2, 0.25) is 0 Å². The van der Waals surface area contributed by atoms with Gasteiger partial charge in [-0.05, 0) is 37.8 Å². The summed E-state index contributed by atoms with van der Waals surface area (Å²) in [6, 6.07) is 5.92. The number of fused-ring (bicyclic) bond motifs is 2. The van der Waals surface area contributed by atoms with Gasteiger partial charge in [-0.15, -0.1) is 0 Å². The molecule has 25 heavy (non-hydrogen) atoms. The first kappa shape index (κ1) is 16.4. The van der Waals surface area contributed by atoms with E-state index in [1.807, 2.05) is 25.3 Å². The molecule has 0 radical (unpaired) electrons. The lowest BCUT2D eigenvalue weighted by Crippen LogP contribution is -2.47. The van der Waals surface area contributed by atoms with Gasteiger partial charge in [-0.25, -0.2) is 15.0 Å². The zero-order valence-corrected chi connectivity index (χ0v) is 14.9. The van der Waals surface area contributed by atoms with E-state index < -0.39 is 0 Å². The van der Waals surface area contributed by atoms with Crippen molar-refractivity contribution < 1.29 is 9.47 Å². The monoisotopic (exact) mass is 340 g/mol. The lowest BCUT2D eigenvalue weighted by Gasteiger charge is -2.44. The van der Waals surface area contributed by atoms with E-state index in [1.54, 1.807) is 7.11 Å². The zero-order valence-electron chi connectivity index (χ0n) is 14.9. The number of aromatic nitrogens is 3. The van der Waals surface area contributed by atoms with Gasteiger partial charge in [0.2, 0.25) is 5.88 Å². The number of rotatable bonds is 3. The number of aryl methyl sites for hydroxylation is 1. The minimum atomic E-state index is -0.237. The number of ether oxygens (including phenoxy) is 2. The number of piperidine rings is 1. The van der Waals surface area contributed by atoms with Crippen LogP contribution in [0.15, 0.2) is 24.4 Å². The molecule has 0 aromatic carbocycles. The third kappa shape index (κ3) is 3.24. The third-order valence-corrected chi connectivity index (χ3v) is 5.21. The van der Waals surface area contributed by atoms with Gasteiger partial charge in [-0.2, -0.15) is 0 Å². The number of pyridine rings is 1. The van der Waals surface area contributed by atoms with Crippen LogP contribution in [0, 0.1) is 6.92 Å². The summed E-state index contributed by atoms with van der Waals surface area (Å²) in [6.07, 6.45) is 4.81. The predicted molar refractivity (Wildman–Crippen MR) is 93.4 cm³/mol. The lowest BCUT2D eigenvalue weighted by atomic mass is 9.83. The Kier molecular flexibility index (Phi) is 4.39. The number of nitrogens with zero attached hydrogens (tertiary/aromatic N) is 4. The summed E-state index contributed by atoms with van der Waals surface area (Å²) in [5, 5.41) is 0. The summed E-state index contributed by atoms with van der Waals surface area (Å²) in [5.41, 5.74) is 3.17. The number of hydrogen-bond acceptors (Lipinski definition) is 6. The molecular formula is C19H24N4O2. The molecule has 1 spiro atoms. The molecule has 6 heteroatoms. The maximum atomic E-state index is 6.27. The van der Waals surface area contributed by atoms with Gasteiger partial charge in [0, 0.05) is 31.9 Å². The average Bonchev–Trinajstić information content (AvgIpc) is 2.65. The molecule has 0 unspecified atom stereocenters. The molecule has 1 saturated heterocycles. The number of likely N-dealkylation sites (tertiary alicyclic amines) is 1. The van der Waals surface area contributed by atoms with Crippen molar-refractivity contribution in [1.82, 2.24) is 19.9 Å². The fourth-order valence-corrected chi connectivity index (χ4v) is 3.84. The SMILES string of the molecule is COc1cccc(CN2CCC3(CC2)OCCc2cnc(C)nc23)n1. The van der Waals surface area contributed by atoms with Crippen LogP contribution in [0.4, 0.5) is 0 Å². The van der Waals surface area contributed by atoms with Crippen molar-refractivity contribution in [2.24, 2.45) is 0 Å². The summed E-state index contributed by atoms with van der Waals surface area (Å²) in [7, 11) is 1.65. The van der Waals surface area contributed by atoms with Crippen LogP contribution < -0.4 is 4.74 Å². The average molecular weight is 340 g/mol. The van der Waals surface area contributed by atoms with Crippen molar-refractivity contribution in [3.05, 3.63) is 47.2 Å². The summed E-state index contributed by atoms with van der Waals surface area (Å²) < 4.78 is 11.5. The Morgan fingerprint density at radius 3 is 2.88 bits per heavy atom. The first-order chi connectivity index (χ1) is 12.2. The van der Waals surface area contributed by atoms with Crippen LogP contribution >= 0.6 is 0 Å². The third-order valence-electron chi connectivity index (χ3n) is 5.21. The molecule has 2 aromatic rings. The maximum Gasteiger partial charge on any atom is 0.213 e. The summed E-state index contributed by atoms with van der Waals surface area (Å²) in [5.74, 6) is 1.49. The van der Waals surface area contributed by atoms with Crippen molar-refractivity contribution in [2.75, 3.05) is 26.8 Å². The van der Waals surface area contributed by atoms with Crippen LogP contribution in [0.5, 0.6) is 5.88 Å². The number of hydrogen-bond donors (Lipinski definition) is 0. The van der Waals surface area contributed by atoms with Gasteiger partial charge in [0.15, 0.2) is 0 Å². The van der Waals surface area contributed by atoms with Gasteiger partial charge in [0.1, 0.15) is 11.4 Å². The fourth-order valence-electron chi connectivity index (χ4n) is 3.84. The van der Waals surface area contributed by atoms with Crippen LogP contribution in [0.25, 0.3) is 0 Å². The van der Waals surface area contributed by atoms with Gasteiger partial charge in [-0.1, -0.05) is 6.07 Å². The highest BCUT2D eigenvalue weighted by molar-refractivity contribution is 5.27. The van der Waals surface area contributed by atoms with E-state index in [-0.39, 0.29) is 5.60 Å². The fraction of sp³-hybridized carbons (Fsp3) is 0.526. The van der Waals surface area contributed by atoms with Crippen LogP contribution in [-0.2, 0) is 23.3 Å². The summed E-state index contributed by atoms with van der Waals surface area (Å²) >= 11 is 0. The molecule has 0 atom stereocenters.